The van der Waals surface area contributed by atoms with Gasteiger partial charge in [-0.2, -0.15) is 8.42 Å². The Morgan fingerprint density at radius 3 is 1.93 bits per heavy atom. The van der Waals surface area contributed by atoms with E-state index in [4.69, 9.17) is 0 Å². The Kier molecular flexibility index (Phi) is 5.46. The maximum Gasteiger partial charge on any atom is 0.298 e. The summed E-state index contributed by atoms with van der Waals surface area (Å²) in [5.41, 5.74) is 0. The van der Waals surface area contributed by atoms with Crippen LogP contribution < -0.4 is 15.0 Å². The highest BCUT2D eigenvalue weighted by molar-refractivity contribution is 7.86. The number of para-hydroxylation sites is 1. The topological polar surface area (TPSA) is 112 Å². The van der Waals surface area contributed by atoms with E-state index < -0.39 is 10.2 Å². The highest BCUT2D eigenvalue weighted by atomic mass is 32.2. The lowest BCUT2D eigenvalue weighted by Crippen LogP contribution is -2.21. The molecule has 1 aromatic carbocycles. The van der Waals surface area contributed by atoms with Gasteiger partial charge in [-0.1, -0.05) is 18.2 Å². The molecule has 0 atom stereocenters. The second kappa shape index (κ2) is 6.08. The summed E-state index contributed by atoms with van der Waals surface area (Å²) >= 11 is 0. The van der Waals surface area contributed by atoms with Crippen molar-refractivity contribution in [1.82, 2.24) is 0 Å². The van der Waals surface area contributed by atoms with Crippen LogP contribution in [0.5, 0.6) is 5.75 Å². The van der Waals surface area contributed by atoms with Crippen LogP contribution in [0, 0.1) is 0 Å². The number of hydrogen-bond donors (Lipinski definition) is 2. The molecule has 0 saturated heterocycles. The van der Waals surface area contributed by atoms with Gasteiger partial charge < -0.3 is 4.74 Å². The van der Waals surface area contributed by atoms with Crippen molar-refractivity contribution < 1.29 is 17.9 Å². The molecule has 0 heterocycles. The smallest absolute Gasteiger partial charge is 0.298 e. The molecular weight excluding hydrogens is 208 g/mol. The largest absolute Gasteiger partial charge is 0.429 e. The van der Waals surface area contributed by atoms with Crippen molar-refractivity contribution in [3.8, 4) is 5.75 Å². The fourth-order valence-electron chi connectivity index (χ4n) is 0.555. The fourth-order valence-corrected chi connectivity index (χ4v) is 0.555. The van der Waals surface area contributed by atoms with Gasteiger partial charge in [0.15, 0.2) is 0 Å². The van der Waals surface area contributed by atoms with Crippen LogP contribution in [-0.2, 0) is 15.0 Å². The van der Waals surface area contributed by atoms with E-state index >= 15 is 0 Å². The van der Waals surface area contributed by atoms with Gasteiger partial charge in [0.2, 0.25) is 0 Å². The Bertz CT molecular complexity index is 355. The molecule has 14 heavy (non-hydrogen) atoms. The van der Waals surface area contributed by atoms with Gasteiger partial charge in [-0.05, 0) is 12.1 Å². The van der Waals surface area contributed by atoms with Crippen molar-refractivity contribution in [2.45, 2.75) is 0 Å². The first-order valence-electron chi connectivity index (χ1n) is 3.39. The minimum atomic E-state index is -3.67. The van der Waals surface area contributed by atoms with Gasteiger partial charge in [-0.15, -0.1) is 0 Å². The lowest BCUT2D eigenvalue weighted by Gasteiger charge is -1.92. The molecule has 0 saturated carbocycles. The zero-order chi connectivity index (χ0) is 11.0. The predicted octanol–water partition coefficient (Wildman–Crippen LogP) is -0.630. The predicted molar refractivity (Wildman–Crippen MR) is 50.4 cm³/mol. The Labute approximate surface area is 81.7 Å². The third kappa shape index (κ3) is 10.6. The molecule has 0 fully saturated rings. The molecule has 7 heteroatoms. The number of rotatable bonds is 2. The van der Waals surface area contributed by atoms with Crippen LogP contribution in [0.15, 0.2) is 30.3 Å². The summed E-state index contributed by atoms with van der Waals surface area (Å²) in [6, 6.07) is 8.90. The van der Waals surface area contributed by atoms with E-state index in [2.05, 4.69) is 15.0 Å². The summed E-state index contributed by atoms with van der Waals surface area (Å²) in [7, 11) is -3.67. The molecule has 0 bridgehead atoms. The summed E-state index contributed by atoms with van der Waals surface area (Å²) in [6.45, 7) is 0.412. The van der Waals surface area contributed by atoms with E-state index in [9.17, 15) is 13.2 Å². The normalized spacial score (nSPS) is 9.57. The first-order valence-corrected chi connectivity index (χ1v) is 5.00. The zero-order valence-corrected chi connectivity index (χ0v) is 7.98. The van der Waals surface area contributed by atoms with Crippen LogP contribution in [0.4, 0.5) is 0 Å². The number of carbonyl (C=O) groups is 1. The van der Waals surface area contributed by atoms with Gasteiger partial charge >= 0.3 is 0 Å². The standard InChI is InChI=1S/C7H6O2.H4N2O2S/c8-6-9-7-4-2-1-3-5-7;1-5(2,3)4/h1-6H;(H4,1,2,3,4). The maximum atomic E-state index is 9.75. The average molecular weight is 218 g/mol. The number of benzene rings is 1. The van der Waals surface area contributed by atoms with E-state index in [-0.39, 0.29) is 0 Å². The third-order valence-corrected chi connectivity index (χ3v) is 0.927. The molecule has 1 rings (SSSR count). The van der Waals surface area contributed by atoms with Crippen LogP contribution in [0.3, 0.4) is 0 Å². The number of hydrogen-bond acceptors (Lipinski definition) is 4. The zero-order valence-electron chi connectivity index (χ0n) is 7.16. The minimum Gasteiger partial charge on any atom is -0.429 e. The molecular formula is C7H10N2O4S. The van der Waals surface area contributed by atoms with Crippen molar-refractivity contribution in [2.75, 3.05) is 0 Å². The summed E-state index contributed by atoms with van der Waals surface area (Å²) < 4.78 is 22.9. The molecule has 0 amide bonds. The second-order valence-corrected chi connectivity index (χ2v) is 3.29. The lowest BCUT2D eigenvalue weighted by molar-refractivity contribution is -0.120. The molecule has 1 aromatic rings. The molecule has 78 valence electrons. The Morgan fingerprint density at radius 1 is 1.14 bits per heavy atom. The van der Waals surface area contributed by atoms with Crippen LogP contribution in [-0.4, -0.2) is 14.9 Å². The Hall–Kier alpha value is -1.44. The minimum absolute atomic E-state index is 0.412. The quantitative estimate of drug-likeness (QED) is 0.643. The highest BCUT2D eigenvalue weighted by Gasteiger charge is 1.84. The second-order valence-electron chi connectivity index (χ2n) is 2.12. The number of carbonyl (C=O) groups excluding carboxylic acids is 1. The van der Waals surface area contributed by atoms with Crippen molar-refractivity contribution in [3.63, 3.8) is 0 Å². The van der Waals surface area contributed by atoms with Gasteiger partial charge in [0.1, 0.15) is 5.75 Å². The molecule has 0 radical (unpaired) electrons. The fraction of sp³-hybridized carbons (Fsp3) is 0. The first-order chi connectivity index (χ1) is 6.43. The highest BCUT2D eigenvalue weighted by Crippen LogP contribution is 2.05. The van der Waals surface area contributed by atoms with Crippen molar-refractivity contribution >= 4 is 16.7 Å². The molecule has 0 aliphatic heterocycles. The summed E-state index contributed by atoms with van der Waals surface area (Å²) in [4.78, 5) is 9.75. The van der Waals surface area contributed by atoms with Crippen LogP contribution in [0.1, 0.15) is 0 Å². The summed E-state index contributed by atoms with van der Waals surface area (Å²) in [5, 5.41) is 8.21. The molecule has 6 nitrogen and oxygen atoms in total. The van der Waals surface area contributed by atoms with Crippen molar-refractivity contribution in [2.24, 2.45) is 10.3 Å². The molecule has 0 aromatic heterocycles. The monoisotopic (exact) mass is 218 g/mol. The van der Waals surface area contributed by atoms with E-state index in [0.29, 0.717) is 12.2 Å². The molecule has 0 unspecified atom stereocenters. The van der Waals surface area contributed by atoms with E-state index in [1.54, 1.807) is 24.3 Å². The average Bonchev–Trinajstić information content (AvgIpc) is 2.03. The van der Waals surface area contributed by atoms with Crippen molar-refractivity contribution in [1.29, 1.82) is 0 Å². The number of ether oxygens (including phenoxy) is 1. The SMILES string of the molecule is NS(N)(=O)=O.O=COc1ccccc1. The maximum absolute atomic E-state index is 9.75. The lowest BCUT2D eigenvalue weighted by atomic mass is 10.3. The molecule has 0 spiro atoms. The van der Waals surface area contributed by atoms with E-state index in [0.717, 1.165) is 0 Å². The van der Waals surface area contributed by atoms with Crippen LogP contribution in [0.2, 0.25) is 0 Å². The van der Waals surface area contributed by atoms with E-state index in [1.807, 2.05) is 6.07 Å². The van der Waals surface area contributed by atoms with Gasteiger partial charge in [-0.3, -0.25) is 4.79 Å². The summed E-state index contributed by atoms with van der Waals surface area (Å²) in [5.74, 6) is 0.576. The van der Waals surface area contributed by atoms with Gasteiger partial charge in [-0.25, -0.2) is 10.3 Å². The van der Waals surface area contributed by atoms with E-state index in [1.165, 1.54) is 0 Å². The molecule has 4 N–H and O–H groups in total. The van der Waals surface area contributed by atoms with Crippen molar-refractivity contribution in [3.05, 3.63) is 30.3 Å². The van der Waals surface area contributed by atoms with Gasteiger partial charge in [0.25, 0.3) is 16.7 Å². The molecule has 0 aliphatic rings. The van der Waals surface area contributed by atoms with Gasteiger partial charge in [0.05, 0.1) is 0 Å². The van der Waals surface area contributed by atoms with Crippen LogP contribution >= 0.6 is 0 Å². The van der Waals surface area contributed by atoms with Crippen LogP contribution in [0.25, 0.3) is 0 Å². The van der Waals surface area contributed by atoms with Gasteiger partial charge in [0, 0.05) is 0 Å². The summed E-state index contributed by atoms with van der Waals surface area (Å²) in [6.07, 6.45) is 0. The third-order valence-electron chi connectivity index (χ3n) is 0.927. The molecule has 0 aliphatic carbocycles. The first kappa shape index (κ1) is 12.6. The Morgan fingerprint density at radius 2 is 1.57 bits per heavy atom. The Balaban J connectivity index is 0.000000292. The number of nitrogens with two attached hydrogens (primary N) is 2.